The SMILES string of the molecule is Cc1c(Nc2nc3ccccc3s2)nnc2c1CCCN2c1ccc(-c2cnn(CC34CC5(C)CC(CCCN(CCC(=O)O)C(=O)OCc6ccc(NC(=O)[C@H](CCCNC(N)=O)NC(=O)[C@@H](NC(=O)CCOCCN7C(=O)C=CC7=O)C(C)C)cc6)(C3)C[C@@](C)(C5)C4)c2C)c(C(=O)O)n1. The first-order valence-corrected chi connectivity index (χ1v) is 35.3. The van der Waals surface area contributed by atoms with Crippen LogP contribution in [0.15, 0.2) is 79.0 Å². The largest absolute Gasteiger partial charge is 0.481 e. The lowest BCUT2D eigenvalue weighted by molar-refractivity contribution is -0.198. The van der Waals surface area contributed by atoms with E-state index in [1.807, 2.05) is 55.1 Å². The molecule has 0 saturated heterocycles. The number of ether oxygens (including phenoxy) is 2. The van der Waals surface area contributed by atoms with E-state index in [1.165, 1.54) is 17.1 Å². The van der Waals surface area contributed by atoms with Crippen LogP contribution in [-0.4, -0.2) is 162 Å². The summed E-state index contributed by atoms with van der Waals surface area (Å²) < 4.78 is 14.4. The Hall–Kier alpha value is -9.90. The number of primary amides is 1. The van der Waals surface area contributed by atoms with Gasteiger partial charge >= 0.3 is 24.1 Å². The molecule has 4 bridgehead atoms. The van der Waals surface area contributed by atoms with Crippen LogP contribution in [0.2, 0.25) is 0 Å². The van der Waals surface area contributed by atoms with E-state index in [4.69, 9.17) is 30.3 Å². The standard InChI is InChI=1S/C72H89N15O13S/c1-43(2)59(80-55(88)25-32-99-33-31-86-56(89)22-23-57(86)90)64(94)77-52(14-9-27-74-66(73)97)63(93)76-47-18-16-46(17-19-47)35-100-68(98)84(30-24-58(91)92)28-11-26-71-37-69(5)36-70(6,38-71)40-72(39-69,41-71)42-87-45(4)50(34-75-87)49-20-21-54(79-60(49)65(95)96)85-29-10-12-48-44(3)61(82-83-62(48)85)81-67-78-51-13-7-8-15-53(51)101-67/h7-8,13,15-23,34,43,52,59H,9-12,14,24-33,35-42H2,1-6H3,(H,76,93)(H,77,94)(H,80,88)(H,91,92)(H,95,96)(H3,73,74,97)(H,78,81,82)/t52-,59-,69+,70?,71?,72?/m0/s1. The van der Waals surface area contributed by atoms with Gasteiger partial charge in [0.05, 0.1) is 42.6 Å². The molecule has 0 spiro atoms. The van der Waals surface area contributed by atoms with E-state index in [0.29, 0.717) is 59.3 Å². The number of carboxylic acid groups (broad SMARTS) is 2. The number of carbonyl (C=O) groups is 9. The maximum absolute atomic E-state index is 13.9. The van der Waals surface area contributed by atoms with Crippen molar-refractivity contribution in [2.75, 3.05) is 61.5 Å². The van der Waals surface area contributed by atoms with Crippen LogP contribution in [0.1, 0.15) is 144 Å². The molecular weight excluding hydrogens is 1310 g/mol. The fraction of sp³-hybridized carbons (Fsp3) is 0.500. The molecule has 101 heavy (non-hydrogen) atoms. The summed E-state index contributed by atoms with van der Waals surface area (Å²) in [5.41, 5.74) is 10.9. The van der Waals surface area contributed by atoms with Crippen LogP contribution < -0.4 is 37.2 Å². The number of para-hydroxylation sites is 1. The summed E-state index contributed by atoms with van der Waals surface area (Å²) >= 11 is 1.54. The van der Waals surface area contributed by atoms with Crippen molar-refractivity contribution >= 4 is 103 Å². The van der Waals surface area contributed by atoms with Crippen LogP contribution in [0.25, 0.3) is 21.3 Å². The topological polar surface area (TPSA) is 378 Å². The maximum Gasteiger partial charge on any atom is 0.410 e. The average Bonchev–Trinajstić information content (AvgIpc) is 0.793. The molecule has 4 saturated carbocycles. The number of amides is 8. The van der Waals surface area contributed by atoms with E-state index >= 15 is 0 Å². The summed E-state index contributed by atoms with van der Waals surface area (Å²) in [4.78, 5) is 129. The van der Waals surface area contributed by atoms with Crippen molar-refractivity contribution in [2.24, 2.45) is 33.3 Å². The highest BCUT2D eigenvalue weighted by Gasteiger charge is 2.65. The Morgan fingerprint density at radius 3 is 2.24 bits per heavy atom. The predicted octanol–water partition coefficient (Wildman–Crippen LogP) is 9.09. The lowest BCUT2D eigenvalue weighted by Crippen LogP contribution is -2.60. The molecule has 12 rings (SSSR count). The summed E-state index contributed by atoms with van der Waals surface area (Å²) in [6.45, 7) is 13.7. The fourth-order valence-electron chi connectivity index (χ4n) is 17.0. The Bertz CT molecular complexity index is 4120. The molecule has 536 valence electrons. The van der Waals surface area contributed by atoms with E-state index in [1.54, 1.807) is 55.6 Å². The molecular formula is C72H89N15O13S. The van der Waals surface area contributed by atoms with Gasteiger partial charge in [0.15, 0.2) is 22.5 Å². The van der Waals surface area contributed by atoms with Crippen molar-refractivity contribution in [1.82, 2.24) is 55.7 Å². The highest BCUT2D eigenvalue weighted by atomic mass is 32.1. The molecule has 4 aliphatic carbocycles. The number of pyridine rings is 1. The second kappa shape index (κ2) is 30.5. The number of aromatic carboxylic acids is 1. The molecule has 8 amide bonds. The zero-order valence-electron chi connectivity index (χ0n) is 57.9. The number of hydrogen-bond acceptors (Lipinski definition) is 19. The zero-order chi connectivity index (χ0) is 72.0. The number of nitrogens with zero attached hydrogens (tertiary/aromatic N) is 9. The van der Waals surface area contributed by atoms with Crippen molar-refractivity contribution < 1.29 is 62.8 Å². The van der Waals surface area contributed by atoms with Crippen molar-refractivity contribution in [3.63, 3.8) is 0 Å². The number of hydrogen-bond donors (Lipinski definition) is 8. The smallest absolute Gasteiger partial charge is 0.410 e. The fourth-order valence-corrected chi connectivity index (χ4v) is 17.8. The van der Waals surface area contributed by atoms with Crippen molar-refractivity contribution in [2.45, 2.75) is 157 Å². The van der Waals surface area contributed by atoms with E-state index in [-0.39, 0.29) is 99.0 Å². The number of fused-ring (bicyclic) bond motifs is 2. The van der Waals surface area contributed by atoms with Crippen LogP contribution >= 0.6 is 11.3 Å². The highest BCUT2D eigenvalue weighted by Crippen LogP contribution is 2.75. The minimum atomic E-state index is -1.16. The second-order valence-corrected chi connectivity index (χ2v) is 30.0. The molecule has 2 aromatic carbocycles. The minimum Gasteiger partial charge on any atom is -0.481 e. The number of nitrogens with one attached hydrogen (secondary N) is 5. The van der Waals surface area contributed by atoms with Gasteiger partial charge in [0.1, 0.15) is 24.5 Å². The Morgan fingerprint density at radius 2 is 1.53 bits per heavy atom. The monoisotopic (exact) mass is 1400 g/mol. The number of carbonyl (C=O) groups excluding carboxylic acids is 7. The van der Waals surface area contributed by atoms with Gasteiger partial charge in [0.2, 0.25) is 17.7 Å². The molecule has 4 aromatic heterocycles. The first-order valence-electron chi connectivity index (χ1n) is 34.5. The van der Waals surface area contributed by atoms with Crippen molar-refractivity contribution in [3.8, 4) is 11.1 Å². The summed E-state index contributed by atoms with van der Waals surface area (Å²) in [6, 6.07) is 15.2. The lowest BCUT2D eigenvalue weighted by Gasteiger charge is -2.70. The molecule has 2 aliphatic heterocycles. The normalized spacial score (nSPS) is 20.9. The number of anilines is 5. The average molecular weight is 1400 g/mol. The molecule has 0 radical (unpaired) electrons. The molecule has 28 nitrogen and oxygen atoms in total. The van der Waals surface area contributed by atoms with Gasteiger partial charge in [-0.25, -0.2) is 24.4 Å². The number of aromatic nitrogens is 6. The van der Waals surface area contributed by atoms with Crippen LogP contribution in [0, 0.1) is 41.4 Å². The lowest BCUT2D eigenvalue weighted by atomic mass is 9.35. The molecule has 3 unspecified atom stereocenters. The second-order valence-electron chi connectivity index (χ2n) is 29.0. The number of nitrogens with two attached hydrogens (primary N) is 1. The van der Waals surface area contributed by atoms with E-state index in [0.717, 1.165) is 94.9 Å². The Morgan fingerprint density at radius 1 is 0.802 bits per heavy atom. The number of urea groups is 1. The van der Waals surface area contributed by atoms with Crippen LogP contribution in [0.4, 0.5) is 37.9 Å². The Balaban J connectivity index is 0.695. The van der Waals surface area contributed by atoms with Gasteiger partial charge in [-0.15, -0.1) is 10.2 Å². The van der Waals surface area contributed by atoms with E-state index in [9.17, 15) is 53.4 Å². The third kappa shape index (κ3) is 17.1. The quantitative estimate of drug-likeness (QED) is 0.0144. The predicted molar refractivity (Wildman–Crippen MR) is 376 cm³/mol. The molecule has 6 atom stereocenters. The van der Waals surface area contributed by atoms with Crippen LogP contribution in [0.5, 0.6) is 0 Å². The number of carboxylic acids is 2. The third-order valence-corrected chi connectivity index (χ3v) is 21.2. The van der Waals surface area contributed by atoms with Gasteiger partial charge in [0.25, 0.3) is 11.8 Å². The first kappa shape index (κ1) is 72.4. The molecule has 6 aliphatic rings. The number of aliphatic carboxylic acids is 1. The molecule has 29 heteroatoms. The summed E-state index contributed by atoms with van der Waals surface area (Å²) in [7, 11) is 0. The molecule has 6 heterocycles. The molecule has 4 fully saturated rings. The number of rotatable bonds is 32. The number of benzene rings is 2. The first-order chi connectivity index (χ1) is 48.2. The Kier molecular flexibility index (Phi) is 21.9. The van der Waals surface area contributed by atoms with Gasteiger partial charge in [-0.1, -0.05) is 63.3 Å². The number of imide groups is 1. The summed E-state index contributed by atoms with van der Waals surface area (Å²) in [5, 5.41) is 49.7. The Labute approximate surface area is 589 Å². The van der Waals surface area contributed by atoms with Crippen LogP contribution in [0.3, 0.4) is 0 Å². The van der Waals surface area contributed by atoms with E-state index in [2.05, 4.69) is 55.3 Å². The van der Waals surface area contributed by atoms with Gasteiger partial charge in [-0.3, -0.25) is 38.3 Å². The van der Waals surface area contributed by atoms with Gasteiger partial charge in [-0.2, -0.15) is 5.10 Å². The van der Waals surface area contributed by atoms with Gasteiger partial charge in [-0.05, 0) is 160 Å². The van der Waals surface area contributed by atoms with Crippen molar-refractivity contribution in [3.05, 3.63) is 107 Å². The van der Waals surface area contributed by atoms with Gasteiger partial charge in [0, 0.05) is 84.9 Å². The van der Waals surface area contributed by atoms with Crippen molar-refractivity contribution in [1.29, 1.82) is 0 Å². The van der Waals surface area contributed by atoms with E-state index < -0.39 is 71.6 Å². The zero-order valence-corrected chi connectivity index (χ0v) is 58.7. The number of thiazole rings is 1. The molecule has 6 aromatic rings. The maximum atomic E-state index is 13.9. The van der Waals surface area contributed by atoms with Crippen LogP contribution in [-0.2, 0) is 57.8 Å². The summed E-state index contributed by atoms with van der Waals surface area (Å²) in [6.07, 6.45) is 12.5. The minimum absolute atomic E-state index is 0.0131. The highest BCUT2D eigenvalue weighted by molar-refractivity contribution is 7.22. The molecule has 9 N–H and O–H groups in total. The van der Waals surface area contributed by atoms with Gasteiger partial charge < -0.3 is 61.8 Å². The summed E-state index contributed by atoms with van der Waals surface area (Å²) in [5.74, 6) is -3.49. The third-order valence-electron chi connectivity index (χ3n) is 20.2.